The Kier molecular flexibility index (Phi) is 5.91. The van der Waals surface area contributed by atoms with Gasteiger partial charge in [0.05, 0.1) is 5.75 Å². The lowest BCUT2D eigenvalue weighted by molar-refractivity contribution is -0.119. The van der Waals surface area contributed by atoms with Crippen LogP contribution in [-0.4, -0.2) is 27.9 Å². The Balaban J connectivity index is 1.51. The predicted octanol–water partition coefficient (Wildman–Crippen LogP) is 5.08. The number of thioether (sulfide) groups is 1. The van der Waals surface area contributed by atoms with E-state index in [1.807, 2.05) is 42.5 Å². The lowest BCUT2D eigenvalue weighted by atomic mass is 9.86. The maximum Gasteiger partial charge on any atom is 0.230 e. The third-order valence-corrected chi connectivity index (χ3v) is 6.48. The van der Waals surface area contributed by atoms with E-state index >= 15 is 0 Å². The second kappa shape index (κ2) is 8.74. The molecule has 0 unspecified atom stereocenters. The molecule has 1 amide bonds. The molecule has 1 fully saturated rings. The minimum absolute atomic E-state index is 0.0850. The van der Waals surface area contributed by atoms with E-state index in [-0.39, 0.29) is 5.91 Å². The van der Waals surface area contributed by atoms with E-state index in [1.165, 1.54) is 31.0 Å². The molecule has 1 N–H and O–H groups in total. The predicted molar refractivity (Wildman–Crippen MR) is 115 cm³/mol. The number of rotatable bonds is 5. The SMILES string of the molecule is C[C@H]1CCCC[C@@H]1NC(=O)CSc1nnc(-c2ccccc2)c2ccccc12. The van der Waals surface area contributed by atoms with Crippen molar-refractivity contribution in [1.82, 2.24) is 15.5 Å². The van der Waals surface area contributed by atoms with Crippen LogP contribution < -0.4 is 5.32 Å². The third kappa shape index (κ3) is 4.20. The van der Waals surface area contributed by atoms with Gasteiger partial charge >= 0.3 is 0 Å². The van der Waals surface area contributed by atoms with Gasteiger partial charge in [0.1, 0.15) is 10.7 Å². The first-order valence-corrected chi connectivity index (χ1v) is 10.9. The van der Waals surface area contributed by atoms with Crippen LogP contribution in [0.25, 0.3) is 22.0 Å². The Labute approximate surface area is 170 Å². The number of benzene rings is 2. The Bertz CT molecular complexity index is 960. The summed E-state index contributed by atoms with van der Waals surface area (Å²) in [6.45, 7) is 2.23. The summed E-state index contributed by atoms with van der Waals surface area (Å²) in [4.78, 5) is 12.5. The summed E-state index contributed by atoms with van der Waals surface area (Å²) in [5, 5.41) is 15.1. The molecule has 1 aliphatic carbocycles. The standard InChI is InChI=1S/C23H25N3OS/c1-16-9-5-8-14-20(16)24-21(27)15-28-23-19-13-7-6-12-18(19)22(25-26-23)17-10-3-2-4-11-17/h2-4,6-7,10-13,16,20H,5,8-9,14-15H2,1H3,(H,24,27)/t16-,20-/m0/s1. The van der Waals surface area contributed by atoms with Crippen molar-refractivity contribution in [2.24, 2.45) is 5.92 Å². The van der Waals surface area contributed by atoms with E-state index in [4.69, 9.17) is 0 Å². The molecule has 1 heterocycles. The van der Waals surface area contributed by atoms with Crippen molar-refractivity contribution in [3.8, 4) is 11.3 Å². The topological polar surface area (TPSA) is 54.9 Å². The molecule has 0 bridgehead atoms. The Morgan fingerprint density at radius 3 is 2.50 bits per heavy atom. The molecule has 2 atom stereocenters. The summed E-state index contributed by atoms with van der Waals surface area (Å²) in [6, 6.07) is 18.6. The molecule has 1 aromatic heterocycles. The van der Waals surface area contributed by atoms with E-state index in [0.717, 1.165) is 33.5 Å². The molecule has 144 valence electrons. The fourth-order valence-electron chi connectivity index (χ4n) is 3.91. The number of carbonyl (C=O) groups is 1. The van der Waals surface area contributed by atoms with Gasteiger partial charge < -0.3 is 5.32 Å². The van der Waals surface area contributed by atoms with E-state index in [2.05, 4.69) is 34.6 Å². The molecule has 0 saturated heterocycles. The van der Waals surface area contributed by atoms with Crippen molar-refractivity contribution in [3.63, 3.8) is 0 Å². The van der Waals surface area contributed by atoms with Gasteiger partial charge in [0.15, 0.2) is 0 Å². The van der Waals surface area contributed by atoms with Crippen LogP contribution in [0, 0.1) is 5.92 Å². The molecular formula is C23H25N3OS. The maximum atomic E-state index is 12.5. The van der Waals surface area contributed by atoms with Gasteiger partial charge in [-0.05, 0) is 18.8 Å². The summed E-state index contributed by atoms with van der Waals surface area (Å²) in [6.07, 6.45) is 4.78. The summed E-state index contributed by atoms with van der Waals surface area (Å²) in [5.74, 6) is 1.02. The number of fused-ring (bicyclic) bond motifs is 1. The maximum absolute atomic E-state index is 12.5. The average Bonchev–Trinajstić information content (AvgIpc) is 2.74. The number of amides is 1. The molecule has 0 radical (unpaired) electrons. The number of nitrogens with zero attached hydrogens (tertiary/aromatic N) is 2. The fourth-order valence-corrected chi connectivity index (χ4v) is 4.69. The summed E-state index contributed by atoms with van der Waals surface area (Å²) in [5.41, 5.74) is 1.92. The molecule has 0 aliphatic heterocycles. The average molecular weight is 392 g/mol. The zero-order valence-corrected chi connectivity index (χ0v) is 16.9. The van der Waals surface area contributed by atoms with Crippen molar-refractivity contribution < 1.29 is 4.79 Å². The van der Waals surface area contributed by atoms with Crippen molar-refractivity contribution in [2.45, 2.75) is 43.7 Å². The molecular weight excluding hydrogens is 366 g/mol. The highest BCUT2D eigenvalue weighted by atomic mass is 32.2. The second-order valence-corrected chi connectivity index (χ2v) is 8.45. The number of nitrogens with one attached hydrogen (secondary N) is 1. The van der Waals surface area contributed by atoms with Crippen LogP contribution >= 0.6 is 11.8 Å². The van der Waals surface area contributed by atoms with Crippen LogP contribution in [0.2, 0.25) is 0 Å². The van der Waals surface area contributed by atoms with Crippen LogP contribution in [0.3, 0.4) is 0 Å². The quantitative estimate of drug-likeness (QED) is 0.616. The first-order chi connectivity index (χ1) is 13.7. The number of hydrogen-bond donors (Lipinski definition) is 1. The van der Waals surface area contributed by atoms with Gasteiger partial charge in [0, 0.05) is 22.4 Å². The van der Waals surface area contributed by atoms with Gasteiger partial charge in [-0.25, -0.2) is 0 Å². The van der Waals surface area contributed by atoms with Crippen LogP contribution in [-0.2, 0) is 4.79 Å². The van der Waals surface area contributed by atoms with E-state index in [0.29, 0.717) is 17.7 Å². The lowest BCUT2D eigenvalue weighted by Gasteiger charge is -2.29. The molecule has 28 heavy (non-hydrogen) atoms. The molecule has 3 aromatic rings. The highest BCUT2D eigenvalue weighted by molar-refractivity contribution is 8.00. The molecule has 5 heteroatoms. The number of hydrogen-bond acceptors (Lipinski definition) is 4. The molecule has 1 aliphatic rings. The van der Waals surface area contributed by atoms with Gasteiger partial charge in [-0.3, -0.25) is 4.79 Å². The van der Waals surface area contributed by atoms with Gasteiger partial charge in [-0.1, -0.05) is 86.1 Å². The van der Waals surface area contributed by atoms with Crippen molar-refractivity contribution in [1.29, 1.82) is 0 Å². The first kappa shape index (κ1) is 18.9. The Morgan fingerprint density at radius 2 is 1.71 bits per heavy atom. The number of aromatic nitrogens is 2. The first-order valence-electron chi connectivity index (χ1n) is 9.95. The third-order valence-electron chi connectivity index (χ3n) is 5.50. The lowest BCUT2D eigenvalue weighted by Crippen LogP contribution is -2.41. The van der Waals surface area contributed by atoms with Crippen molar-refractivity contribution >= 4 is 28.4 Å². The van der Waals surface area contributed by atoms with Crippen molar-refractivity contribution in [2.75, 3.05) is 5.75 Å². The highest BCUT2D eigenvalue weighted by Crippen LogP contribution is 2.31. The Hall–Kier alpha value is -2.40. The summed E-state index contributed by atoms with van der Waals surface area (Å²) >= 11 is 1.47. The molecule has 0 spiro atoms. The van der Waals surface area contributed by atoms with Crippen molar-refractivity contribution in [3.05, 3.63) is 54.6 Å². The van der Waals surface area contributed by atoms with E-state index in [9.17, 15) is 4.79 Å². The van der Waals surface area contributed by atoms with Crippen LogP contribution in [0.4, 0.5) is 0 Å². The number of carbonyl (C=O) groups excluding carboxylic acids is 1. The zero-order chi connectivity index (χ0) is 19.3. The summed E-state index contributed by atoms with van der Waals surface area (Å²) < 4.78 is 0. The minimum atomic E-state index is 0.0850. The monoisotopic (exact) mass is 391 g/mol. The van der Waals surface area contributed by atoms with E-state index in [1.54, 1.807) is 0 Å². The molecule has 1 saturated carbocycles. The highest BCUT2D eigenvalue weighted by Gasteiger charge is 2.23. The van der Waals surface area contributed by atoms with Gasteiger partial charge in [0.2, 0.25) is 5.91 Å². The minimum Gasteiger partial charge on any atom is -0.352 e. The zero-order valence-electron chi connectivity index (χ0n) is 16.1. The van der Waals surface area contributed by atoms with Gasteiger partial charge in [0.25, 0.3) is 0 Å². The normalized spacial score (nSPS) is 19.5. The van der Waals surface area contributed by atoms with Gasteiger partial charge in [-0.2, -0.15) is 0 Å². The largest absolute Gasteiger partial charge is 0.352 e. The smallest absolute Gasteiger partial charge is 0.230 e. The van der Waals surface area contributed by atoms with E-state index < -0.39 is 0 Å². The van der Waals surface area contributed by atoms with Crippen LogP contribution in [0.1, 0.15) is 32.6 Å². The summed E-state index contributed by atoms with van der Waals surface area (Å²) in [7, 11) is 0. The fraction of sp³-hybridized carbons (Fsp3) is 0.348. The van der Waals surface area contributed by atoms with Crippen LogP contribution in [0.15, 0.2) is 59.6 Å². The molecule has 2 aromatic carbocycles. The Morgan fingerprint density at radius 1 is 1.00 bits per heavy atom. The second-order valence-electron chi connectivity index (χ2n) is 7.49. The molecule has 4 nitrogen and oxygen atoms in total. The van der Waals surface area contributed by atoms with Crippen LogP contribution in [0.5, 0.6) is 0 Å². The molecule has 4 rings (SSSR count). The van der Waals surface area contributed by atoms with Gasteiger partial charge in [-0.15, -0.1) is 10.2 Å².